The summed E-state index contributed by atoms with van der Waals surface area (Å²) < 4.78 is 12.4. The van der Waals surface area contributed by atoms with E-state index in [2.05, 4.69) is 4.89 Å². The molecule has 0 saturated heterocycles. The monoisotopic (exact) mass is 172 g/mol. The van der Waals surface area contributed by atoms with Gasteiger partial charge in [0.15, 0.2) is 0 Å². The zero-order chi connectivity index (χ0) is 8.97. The molecule has 0 amide bonds. The quantitative estimate of drug-likeness (QED) is 0.534. The van der Waals surface area contributed by atoms with Crippen molar-refractivity contribution in [1.82, 2.24) is 0 Å². The number of halogens is 1. The van der Waals surface area contributed by atoms with Crippen LogP contribution in [0.3, 0.4) is 0 Å². The van der Waals surface area contributed by atoms with Crippen molar-refractivity contribution in [1.29, 1.82) is 0 Å². The first-order valence-corrected chi connectivity index (χ1v) is 3.44. The van der Waals surface area contributed by atoms with Gasteiger partial charge >= 0.3 is 0 Å². The molecule has 0 aromatic heterocycles. The van der Waals surface area contributed by atoms with Crippen molar-refractivity contribution in [2.45, 2.75) is 6.10 Å². The van der Waals surface area contributed by atoms with Crippen LogP contribution in [0, 0.1) is 5.82 Å². The first kappa shape index (κ1) is 9.12. The largest absolute Gasteiger partial charge is 0.393 e. The predicted octanol–water partition coefficient (Wildman–Crippen LogP) is 1.35. The fraction of sp³-hybridized carbons (Fsp3) is 0.250. The Hall–Kier alpha value is -0.970. The smallest absolute Gasteiger partial charge is 0.141 e. The van der Waals surface area contributed by atoms with Crippen LogP contribution in [-0.2, 0) is 4.89 Å². The van der Waals surface area contributed by atoms with Crippen LogP contribution >= 0.6 is 0 Å². The molecule has 1 atom stereocenters. The lowest BCUT2D eigenvalue weighted by atomic mass is 10.1. The van der Waals surface area contributed by atoms with E-state index in [9.17, 15) is 4.39 Å². The average molecular weight is 172 g/mol. The first-order valence-electron chi connectivity index (χ1n) is 3.44. The summed E-state index contributed by atoms with van der Waals surface area (Å²) >= 11 is 0. The van der Waals surface area contributed by atoms with E-state index in [1.807, 2.05) is 0 Å². The van der Waals surface area contributed by atoms with Gasteiger partial charge in [-0.3, -0.25) is 5.26 Å². The maximum atomic E-state index is 12.4. The Balaban J connectivity index is 2.80. The summed E-state index contributed by atoms with van der Waals surface area (Å²) in [4.78, 5) is 3.95. The van der Waals surface area contributed by atoms with Gasteiger partial charge in [0.25, 0.3) is 0 Å². The average Bonchev–Trinajstić information content (AvgIpc) is 2.10. The molecule has 66 valence electrons. The maximum Gasteiger partial charge on any atom is 0.141 e. The van der Waals surface area contributed by atoms with Gasteiger partial charge in [0.05, 0.1) is 6.61 Å². The minimum atomic E-state index is -0.800. The number of benzene rings is 1. The summed E-state index contributed by atoms with van der Waals surface area (Å²) in [5, 5.41) is 17.0. The van der Waals surface area contributed by atoms with Gasteiger partial charge in [-0.05, 0) is 17.7 Å². The number of hydrogen-bond acceptors (Lipinski definition) is 3. The summed E-state index contributed by atoms with van der Waals surface area (Å²) in [6.07, 6.45) is -0.800. The van der Waals surface area contributed by atoms with Crippen LogP contribution < -0.4 is 0 Å². The Labute approximate surface area is 69.0 Å². The fourth-order valence-corrected chi connectivity index (χ4v) is 0.877. The first-order chi connectivity index (χ1) is 5.77. The second-order valence-electron chi connectivity index (χ2n) is 2.33. The molecule has 3 nitrogen and oxygen atoms in total. The molecule has 0 bridgehead atoms. The van der Waals surface area contributed by atoms with Gasteiger partial charge in [-0.1, -0.05) is 12.1 Å². The summed E-state index contributed by atoms with van der Waals surface area (Å²) in [6, 6.07) is 5.34. The van der Waals surface area contributed by atoms with Crippen molar-refractivity contribution < 1.29 is 19.6 Å². The molecule has 4 heteroatoms. The molecule has 0 radical (unpaired) electrons. The highest BCUT2D eigenvalue weighted by Crippen LogP contribution is 2.15. The lowest BCUT2D eigenvalue weighted by Crippen LogP contribution is -2.06. The number of hydrogen-bond donors (Lipinski definition) is 2. The van der Waals surface area contributed by atoms with Crippen molar-refractivity contribution in [3.8, 4) is 0 Å². The molecule has 0 heterocycles. The number of aliphatic hydroxyl groups is 1. The Morgan fingerprint density at radius 2 is 1.92 bits per heavy atom. The summed E-state index contributed by atoms with van der Waals surface area (Å²) in [5.41, 5.74) is 0.529. The highest BCUT2D eigenvalue weighted by Gasteiger charge is 2.09. The molecule has 12 heavy (non-hydrogen) atoms. The third-order valence-corrected chi connectivity index (χ3v) is 1.53. The Bertz CT molecular complexity index is 231. The van der Waals surface area contributed by atoms with Crippen LogP contribution in [0.1, 0.15) is 11.7 Å². The van der Waals surface area contributed by atoms with Gasteiger partial charge in [0, 0.05) is 0 Å². The lowest BCUT2D eigenvalue weighted by molar-refractivity contribution is -0.288. The minimum Gasteiger partial charge on any atom is -0.393 e. The molecule has 0 aliphatic carbocycles. The lowest BCUT2D eigenvalue weighted by Gasteiger charge is -2.09. The van der Waals surface area contributed by atoms with E-state index in [0.29, 0.717) is 5.56 Å². The second kappa shape index (κ2) is 4.15. The molecule has 1 rings (SSSR count). The van der Waals surface area contributed by atoms with Crippen molar-refractivity contribution in [2.24, 2.45) is 0 Å². The van der Waals surface area contributed by atoms with E-state index in [1.54, 1.807) is 0 Å². The van der Waals surface area contributed by atoms with Crippen LogP contribution in [0.2, 0.25) is 0 Å². The summed E-state index contributed by atoms with van der Waals surface area (Å²) in [6.45, 7) is -0.345. The van der Waals surface area contributed by atoms with Crippen molar-refractivity contribution >= 4 is 0 Å². The predicted molar refractivity (Wildman–Crippen MR) is 39.9 cm³/mol. The molecule has 0 fully saturated rings. The third kappa shape index (κ3) is 2.01. The van der Waals surface area contributed by atoms with Crippen molar-refractivity contribution in [3.63, 3.8) is 0 Å². The number of aliphatic hydroxyl groups excluding tert-OH is 1. The van der Waals surface area contributed by atoms with Gasteiger partial charge in [0.2, 0.25) is 0 Å². The van der Waals surface area contributed by atoms with Gasteiger partial charge in [-0.2, -0.15) is 0 Å². The second-order valence-corrected chi connectivity index (χ2v) is 2.33. The highest BCUT2D eigenvalue weighted by molar-refractivity contribution is 5.18. The molecule has 0 aliphatic rings. The fourth-order valence-electron chi connectivity index (χ4n) is 0.877. The normalized spacial score (nSPS) is 12.9. The summed E-state index contributed by atoms with van der Waals surface area (Å²) in [7, 11) is 0. The standard InChI is InChI=1S/C8H9FO3/c9-7-3-1-6(2-4-7)8(5-10)12-11/h1-4,8,10-11H,5H2/t8-/m0/s1. The number of rotatable bonds is 3. The molecule has 0 spiro atoms. The molecule has 2 N–H and O–H groups in total. The van der Waals surface area contributed by atoms with Crippen LogP contribution in [0.25, 0.3) is 0 Å². The van der Waals surface area contributed by atoms with Crippen LogP contribution in [-0.4, -0.2) is 17.0 Å². The van der Waals surface area contributed by atoms with E-state index < -0.39 is 6.10 Å². The molecule has 0 aliphatic heterocycles. The van der Waals surface area contributed by atoms with Crippen LogP contribution in [0.4, 0.5) is 4.39 Å². The Morgan fingerprint density at radius 3 is 2.33 bits per heavy atom. The van der Waals surface area contributed by atoms with Gasteiger partial charge in [-0.15, -0.1) is 0 Å². The van der Waals surface area contributed by atoms with Crippen molar-refractivity contribution in [2.75, 3.05) is 6.61 Å². The van der Waals surface area contributed by atoms with Gasteiger partial charge in [-0.25, -0.2) is 9.28 Å². The Morgan fingerprint density at radius 1 is 1.33 bits per heavy atom. The molecule has 1 aromatic carbocycles. The van der Waals surface area contributed by atoms with Gasteiger partial charge < -0.3 is 5.11 Å². The SMILES string of the molecule is OC[C@H](OO)c1ccc(F)cc1. The zero-order valence-corrected chi connectivity index (χ0v) is 6.27. The van der Waals surface area contributed by atoms with E-state index in [-0.39, 0.29) is 12.4 Å². The van der Waals surface area contributed by atoms with Crippen LogP contribution in [0.15, 0.2) is 24.3 Å². The van der Waals surface area contributed by atoms with Crippen molar-refractivity contribution in [3.05, 3.63) is 35.6 Å². The molecular formula is C8H9FO3. The molecule has 0 unspecified atom stereocenters. The molecule has 1 aromatic rings. The zero-order valence-electron chi connectivity index (χ0n) is 6.27. The highest BCUT2D eigenvalue weighted by atomic mass is 19.1. The van der Waals surface area contributed by atoms with Gasteiger partial charge in [0.1, 0.15) is 11.9 Å². The van der Waals surface area contributed by atoms with E-state index in [4.69, 9.17) is 10.4 Å². The van der Waals surface area contributed by atoms with Crippen LogP contribution in [0.5, 0.6) is 0 Å². The molecule has 0 saturated carbocycles. The topological polar surface area (TPSA) is 49.7 Å². The van der Waals surface area contributed by atoms with E-state index >= 15 is 0 Å². The minimum absolute atomic E-state index is 0.345. The Kier molecular flexibility index (Phi) is 3.16. The van der Waals surface area contributed by atoms with E-state index in [0.717, 1.165) is 0 Å². The molecular weight excluding hydrogens is 163 g/mol. The van der Waals surface area contributed by atoms with E-state index in [1.165, 1.54) is 24.3 Å². The third-order valence-electron chi connectivity index (χ3n) is 1.53. The maximum absolute atomic E-state index is 12.4. The summed E-state index contributed by atoms with van der Waals surface area (Å²) in [5.74, 6) is -0.367.